The van der Waals surface area contributed by atoms with Gasteiger partial charge in [-0.3, -0.25) is 19.2 Å². The number of fused-ring (bicyclic) bond motifs is 1. The molecule has 0 N–H and O–H groups in total. The second-order valence-corrected chi connectivity index (χ2v) is 15.2. The standard InChI is InChI=1S/C45H61N5O5/c1-5-42(51)46(2)25-14-26-48(4)45(54)38-20-21-41-37(33-38)22-30-50(41)27-13-7-10-19-43(52)47(3)31-32-49-28-23-39(24-29-49)55-44(53)34-36-17-11-12-18-40(36)35-15-8-6-9-16-35/h6,8-9,11-12,15-18,20-21,33,39H,5,7,10,13-14,19,22-32,34H2,1-4H3. The molecule has 2 heterocycles. The van der Waals surface area contributed by atoms with Crippen molar-refractivity contribution in [3.05, 3.63) is 89.5 Å². The number of rotatable bonds is 19. The van der Waals surface area contributed by atoms with Crippen LogP contribution >= 0.6 is 0 Å². The molecule has 0 aromatic heterocycles. The Balaban J connectivity index is 0.929. The molecule has 5 rings (SSSR count). The summed E-state index contributed by atoms with van der Waals surface area (Å²) in [5, 5.41) is 0. The van der Waals surface area contributed by atoms with Gasteiger partial charge in [-0.25, -0.2) is 0 Å². The number of anilines is 1. The number of benzene rings is 3. The van der Waals surface area contributed by atoms with Crippen LogP contribution < -0.4 is 4.90 Å². The quantitative estimate of drug-likeness (QED) is 0.105. The molecule has 3 amide bonds. The fourth-order valence-corrected chi connectivity index (χ4v) is 7.67. The van der Waals surface area contributed by atoms with Gasteiger partial charge in [0, 0.05) is 97.6 Å². The molecule has 55 heavy (non-hydrogen) atoms. The van der Waals surface area contributed by atoms with E-state index in [1.165, 1.54) is 11.3 Å². The van der Waals surface area contributed by atoms with Gasteiger partial charge in [-0.1, -0.05) is 67.9 Å². The molecule has 10 heteroatoms. The van der Waals surface area contributed by atoms with Crippen molar-refractivity contribution in [3.8, 4) is 11.1 Å². The van der Waals surface area contributed by atoms with E-state index in [0.29, 0.717) is 38.0 Å². The van der Waals surface area contributed by atoms with E-state index in [0.717, 1.165) is 94.4 Å². The Bertz CT molecular complexity index is 1720. The van der Waals surface area contributed by atoms with Crippen molar-refractivity contribution in [1.82, 2.24) is 19.6 Å². The molecule has 0 saturated carbocycles. The predicted molar refractivity (Wildman–Crippen MR) is 219 cm³/mol. The molecule has 0 aliphatic carbocycles. The van der Waals surface area contributed by atoms with Crippen LogP contribution in [-0.4, -0.2) is 123 Å². The lowest BCUT2D eigenvalue weighted by Crippen LogP contribution is -2.42. The zero-order valence-corrected chi connectivity index (χ0v) is 33.5. The molecule has 2 aliphatic rings. The first kappa shape index (κ1) is 41.5. The summed E-state index contributed by atoms with van der Waals surface area (Å²) in [7, 11) is 5.53. The summed E-state index contributed by atoms with van der Waals surface area (Å²) < 4.78 is 5.90. The Labute approximate surface area is 328 Å². The number of ether oxygens (including phenoxy) is 1. The predicted octanol–water partition coefficient (Wildman–Crippen LogP) is 6.32. The van der Waals surface area contributed by atoms with Crippen molar-refractivity contribution >= 4 is 29.4 Å². The number of unbranched alkanes of at least 4 members (excludes halogenated alkanes) is 2. The van der Waals surface area contributed by atoms with Crippen LogP contribution in [0.5, 0.6) is 0 Å². The molecule has 1 fully saturated rings. The molecule has 0 bridgehead atoms. The zero-order valence-electron chi connectivity index (χ0n) is 33.5. The number of esters is 1. The third-order valence-electron chi connectivity index (χ3n) is 11.1. The molecule has 3 aromatic carbocycles. The van der Waals surface area contributed by atoms with E-state index in [1.807, 2.05) is 81.5 Å². The van der Waals surface area contributed by atoms with Gasteiger partial charge >= 0.3 is 5.97 Å². The Hall–Kier alpha value is -4.70. The highest BCUT2D eigenvalue weighted by molar-refractivity contribution is 5.95. The van der Waals surface area contributed by atoms with Gasteiger partial charge in [-0.2, -0.15) is 0 Å². The lowest BCUT2D eigenvalue weighted by molar-refractivity contribution is -0.150. The highest BCUT2D eigenvalue weighted by Crippen LogP contribution is 2.30. The Morgan fingerprint density at radius 3 is 2.20 bits per heavy atom. The van der Waals surface area contributed by atoms with Gasteiger partial charge in [0.25, 0.3) is 5.91 Å². The lowest BCUT2D eigenvalue weighted by Gasteiger charge is -2.32. The number of piperidine rings is 1. The average molecular weight is 752 g/mol. The van der Waals surface area contributed by atoms with E-state index < -0.39 is 0 Å². The SMILES string of the molecule is CCC(=O)N(C)CCCN(C)C(=O)c1ccc2c(c1)CCN2CCCCCC(=O)N(C)CCN1CCC(OC(=O)Cc2ccccc2-c2ccccc2)CC1. The van der Waals surface area contributed by atoms with Crippen molar-refractivity contribution in [2.45, 2.75) is 77.2 Å². The smallest absolute Gasteiger partial charge is 0.310 e. The van der Waals surface area contributed by atoms with E-state index in [9.17, 15) is 19.2 Å². The first-order valence-corrected chi connectivity index (χ1v) is 20.3. The number of carbonyl (C=O) groups excluding carboxylic acids is 4. The highest BCUT2D eigenvalue weighted by Gasteiger charge is 2.24. The number of carbonyl (C=O) groups is 4. The van der Waals surface area contributed by atoms with E-state index in [-0.39, 0.29) is 36.2 Å². The summed E-state index contributed by atoms with van der Waals surface area (Å²) in [6, 6.07) is 24.2. The van der Waals surface area contributed by atoms with Crippen LogP contribution in [0.15, 0.2) is 72.8 Å². The molecule has 10 nitrogen and oxygen atoms in total. The summed E-state index contributed by atoms with van der Waals surface area (Å²) in [6.07, 6.45) is 7.44. The summed E-state index contributed by atoms with van der Waals surface area (Å²) in [5.41, 5.74) is 6.29. The lowest BCUT2D eigenvalue weighted by atomic mass is 9.98. The van der Waals surface area contributed by atoms with Crippen molar-refractivity contribution in [2.75, 3.05) is 78.4 Å². The molecule has 2 aliphatic heterocycles. The maximum Gasteiger partial charge on any atom is 0.310 e. The van der Waals surface area contributed by atoms with Crippen molar-refractivity contribution in [3.63, 3.8) is 0 Å². The van der Waals surface area contributed by atoms with E-state index >= 15 is 0 Å². The number of likely N-dealkylation sites (N-methyl/N-ethyl adjacent to an activating group) is 1. The Kier molecular flexibility index (Phi) is 15.7. The average Bonchev–Trinajstić information content (AvgIpc) is 3.62. The molecule has 0 spiro atoms. The second-order valence-electron chi connectivity index (χ2n) is 15.2. The summed E-state index contributed by atoms with van der Waals surface area (Å²) >= 11 is 0. The third kappa shape index (κ3) is 12.1. The number of hydrogen-bond acceptors (Lipinski definition) is 7. The van der Waals surface area contributed by atoms with Crippen LogP contribution in [0, 0.1) is 0 Å². The number of hydrogen-bond donors (Lipinski definition) is 0. The summed E-state index contributed by atoms with van der Waals surface area (Å²) in [4.78, 5) is 60.7. The van der Waals surface area contributed by atoms with Gasteiger partial charge in [-0.05, 0) is 79.0 Å². The highest BCUT2D eigenvalue weighted by atomic mass is 16.5. The summed E-state index contributed by atoms with van der Waals surface area (Å²) in [5.74, 6) is 0.145. The van der Waals surface area contributed by atoms with Crippen molar-refractivity contribution in [2.24, 2.45) is 0 Å². The first-order valence-electron chi connectivity index (χ1n) is 20.3. The fraction of sp³-hybridized carbons (Fsp3) is 0.511. The van der Waals surface area contributed by atoms with Gasteiger partial charge in [0.2, 0.25) is 11.8 Å². The minimum absolute atomic E-state index is 0.0143. The monoisotopic (exact) mass is 751 g/mol. The Morgan fingerprint density at radius 1 is 0.727 bits per heavy atom. The van der Waals surface area contributed by atoms with Gasteiger partial charge in [0.15, 0.2) is 0 Å². The largest absolute Gasteiger partial charge is 0.462 e. The molecule has 0 atom stereocenters. The minimum Gasteiger partial charge on any atom is -0.462 e. The number of amides is 3. The van der Waals surface area contributed by atoms with Crippen LogP contribution in [0.4, 0.5) is 5.69 Å². The minimum atomic E-state index is -0.178. The van der Waals surface area contributed by atoms with Crippen LogP contribution in [-0.2, 0) is 32.0 Å². The summed E-state index contributed by atoms with van der Waals surface area (Å²) in [6.45, 7) is 8.24. The third-order valence-corrected chi connectivity index (χ3v) is 11.1. The van der Waals surface area contributed by atoms with Gasteiger partial charge in [0.1, 0.15) is 6.10 Å². The fourth-order valence-electron chi connectivity index (χ4n) is 7.67. The normalized spacial score (nSPS) is 14.4. The number of nitrogens with zero attached hydrogens (tertiary/aromatic N) is 5. The van der Waals surface area contributed by atoms with Crippen molar-refractivity contribution < 1.29 is 23.9 Å². The molecule has 1 saturated heterocycles. The molecule has 0 unspecified atom stereocenters. The van der Waals surface area contributed by atoms with Gasteiger partial charge in [0.05, 0.1) is 6.42 Å². The van der Waals surface area contributed by atoms with E-state index in [1.54, 1.807) is 9.80 Å². The van der Waals surface area contributed by atoms with Crippen LogP contribution in [0.3, 0.4) is 0 Å². The number of likely N-dealkylation sites (tertiary alicyclic amines) is 1. The van der Waals surface area contributed by atoms with Crippen molar-refractivity contribution in [1.29, 1.82) is 0 Å². The van der Waals surface area contributed by atoms with E-state index in [2.05, 4.69) is 34.1 Å². The van der Waals surface area contributed by atoms with E-state index in [4.69, 9.17) is 4.74 Å². The van der Waals surface area contributed by atoms with Gasteiger partial charge < -0.3 is 29.2 Å². The molecular weight excluding hydrogens is 691 g/mol. The van der Waals surface area contributed by atoms with Gasteiger partial charge in [-0.15, -0.1) is 0 Å². The molecule has 3 aromatic rings. The van der Waals surface area contributed by atoms with Crippen LogP contribution in [0.1, 0.15) is 79.8 Å². The molecule has 296 valence electrons. The maximum absolute atomic E-state index is 13.1. The topological polar surface area (TPSA) is 93.7 Å². The molecule has 0 radical (unpaired) electrons. The second kappa shape index (κ2) is 20.8. The first-order chi connectivity index (χ1) is 26.6. The zero-order chi connectivity index (χ0) is 39.2. The molecular formula is C45H61N5O5. The van der Waals surface area contributed by atoms with Crippen LogP contribution in [0.25, 0.3) is 11.1 Å². The van der Waals surface area contributed by atoms with Crippen LogP contribution in [0.2, 0.25) is 0 Å². The maximum atomic E-state index is 13.1. The Morgan fingerprint density at radius 2 is 1.44 bits per heavy atom.